The van der Waals surface area contributed by atoms with Gasteiger partial charge in [0.2, 0.25) is 5.89 Å². The molecule has 168 valence electrons. The third-order valence-corrected chi connectivity index (χ3v) is 5.37. The third kappa shape index (κ3) is 5.65. The Bertz CT molecular complexity index is 1370. The summed E-state index contributed by atoms with van der Waals surface area (Å²) in [5.41, 5.74) is 1.46. The maximum Gasteiger partial charge on any atom is 0.264 e. The molecule has 4 rings (SSSR count). The van der Waals surface area contributed by atoms with Crippen molar-refractivity contribution in [3.8, 4) is 17.2 Å². The summed E-state index contributed by atoms with van der Waals surface area (Å²) in [6.45, 7) is -0.218. The summed E-state index contributed by atoms with van der Waals surface area (Å²) in [5, 5.41) is 5.41. The summed E-state index contributed by atoms with van der Waals surface area (Å²) in [6.07, 6.45) is 0. The van der Waals surface area contributed by atoms with E-state index in [0.717, 1.165) is 16.6 Å². The number of aromatic nitrogens is 1. The molecule has 1 heterocycles. The molecule has 0 unspecified atom stereocenters. The fourth-order valence-electron chi connectivity index (χ4n) is 2.81. The van der Waals surface area contributed by atoms with Crippen molar-refractivity contribution in [1.29, 1.82) is 0 Å². The number of hydrogen-bond acceptors (Lipinski definition) is 5. The summed E-state index contributed by atoms with van der Waals surface area (Å²) in [7, 11) is 0. The minimum atomic E-state index is -1.07. The molecule has 0 aliphatic carbocycles. The van der Waals surface area contributed by atoms with Gasteiger partial charge in [0.15, 0.2) is 28.9 Å². The smallest absolute Gasteiger partial charge is 0.264 e. The van der Waals surface area contributed by atoms with Gasteiger partial charge in [0.25, 0.3) is 5.91 Å². The van der Waals surface area contributed by atoms with Crippen molar-refractivity contribution in [3.63, 3.8) is 0 Å². The van der Waals surface area contributed by atoms with Crippen LogP contribution in [0.1, 0.15) is 0 Å². The number of hydrogen-bond donors (Lipinski definition) is 2. The fourth-order valence-corrected chi connectivity index (χ4v) is 3.54. The Balaban J connectivity index is 1.40. The van der Waals surface area contributed by atoms with Gasteiger partial charge in [0, 0.05) is 10.2 Å². The number of nitrogens with zero attached hydrogens (tertiary/aromatic N) is 1. The van der Waals surface area contributed by atoms with Crippen LogP contribution in [-0.2, 0) is 4.79 Å². The molecule has 0 atom stereocenters. The quantitative estimate of drug-likeness (QED) is 0.231. The predicted octanol–water partition coefficient (Wildman–Crippen LogP) is 6.08. The summed E-state index contributed by atoms with van der Waals surface area (Å²) in [4.78, 5) is 16.3. The molecule has 0 bridgehead atoms. The largest absolute Gasteiger partial charge is 0.484 e. The van der Waals surface area contributed by atoms with Gasteiger partial charge in [-0.25, -0.2) is 13.8 Å². The molecule has 6 nitrogen and oxygen atoms in total. The van der Waals surface area contributed by atoms with Crippen LogP contribution in [0.5, 0.6) is 5.75 Å². The van der Waals surface area contributed by atoms with Gasteiger partial charge in [-0.05, 0) is 66.8 Å². The highest BCUT2D eigenvalue weighted by atomic mass is 79.9. The maximum absolute atomic E-state index is 13.6. The molecule has 0 radical (unpaired) electrons. The van der Waals surface area contributed by atoms with Crippen LogP contribution in [-0.4, -0.2) is 22.6 Å². The average Bonchev–Trinajstić information content (AvgIpc) is 3.19. The molecule has 33 heavy (non-hydrogen) atoms. The normalized spacial score (nSPS) is 10.8. The molecule has 11 heteroatoms. The molecule has 0 fully saturated rings. The van der Waals surface area contributed by atoms with Gasteiger partial charge in [-0.15, -0.1) is 0 Å². The second kappa shape index (κ2) is 9.82. The van der Waals surface area contributed by atoms with Crippen LogP contribution in [0.15, 0.2) is 63.5 Å². The van der Waals surface area contributed by atoms with E-state index in [0.29, 0.717) is 22.5 Å². The van der Waals surface area contributed by atoms with Crippen molar-refractivity contribution < 1.29 is 22.7 Å². The Morgan fingerprint density at radius 1 is 1.12 bits per heavy atom. The Morgan fingerprint density at radius 2 is 1.85 bits per heavy atom. The number of nitrogens with one attached hydrogen (secondary N) is 2. The number of thiocarbonyl (C=S) groups is 1. The molecule has 1 aromatic heterocycles. The number of anilines is 1. The highest BCUT2D eigenvalue weighted by molar-refractivity contribution is 9.10. The SMILES string of the molecule is O=C(COc1ccc(Br)cc1)NC(=S)Nc1ccc2oc(-c3cc(F)c(F)cc3Cl)nc2c1. The van der Waals surface area contributed by atoms with Crippen LogP contribution in [0.25, 0.3) is 22.6 Å². The van der Waals surface area contributed by atoms with E-state index < -0.39 is 17.5 Å². The van der Waals surface area contributed by atoms with Gasteiger partial charge in [-0.2, -0.15) is 0 Å². The van der Waals surface area contributed by atoms with E-state index in [4.69, 9.17) is 33.0 Å². The second-order valence-corrected chi connectivity index (χ2v) is 8.42. The topological polar surface area (TPSA) is 76.4 Å². The number of fused-ring (bicyclic) bond motifs is 1. The first-order valence-electron chi connectivity index (χ1n) is 9.33. The van der Waals surface area contributed by atoms with Gasteiger partial charge < -0.3 is 14.5 Å². The molecule has 0 spiro atoms. The first-order valence-corrected chi connectivity index (χ1v) is 10.9. The maximum atomic E-state index is 13.6. The lowest BCUT2D eigenvalue weighted by molar-refractivity contribution is -0.121. The highest BCUT2D eigenvalue weighted by Crippen LogP contribution is 2.32. The van der Waals surface area contributed by atoms with E-state index in [2.05, 4.69) is 31.5 Å². The summed E-state index contributed by atoms with van der Waals surface area (Å²) in [6, 6.07) is 13.7. The molecular weight excluding hydrogens is 540 g/mol. The fraction of sp³-hybridized carbons (Fsp3) is 0.0455. The van der Waals surface area contributed by atoms with Crippen LogP contribution < -0.4 is 15.4 Å². The molecule has 0 saturated carbocycles. The molecule has 4 aromatic rings. The summed E-state index contributed by atoms with van der Waals surface area (Å²) >= 11 is 14.5. The van der Waals surface area contributed by atoms with Crippen molar-refractivity contribution in [1.82, 2.24) is 10.3 Å². The van der Waals surface area contributed by atoms with Crippen molar-refractivity contribution in [2.24, 2.45) is 0 Å². The van der Waals surface area contributed by atoms with Gasteiger partial charge in [0.05, 0.1) is 10.6 Å². The van der Waals surface area contributed by atoms with E-state index in [9.17, 15) is 13.6 Å². The highest BCUT2D eigenvalue weighted by Gasteiger charge is 2.16. The van der Waals surface area contributed by atoms with E-state index >= 15 is 0 Å². The van der Waals surface area contributed by atoms with E-state index in [1.54, 1.807) is 42.5 Å². The first-order chi connectivity index (χ1) is 15.8. The third-order valence-electron chi connectivity index (χ3n) is 4.32. The standard InChI is InChI=1S/C22H13BrClF2N3O3S/c23-11-1-4-13(5-2-11)31-10-20(30)29-22(33)27-12-3-6-19-18(7-12)28-21(32-19)14-8-16(25)17(26)9-15(14)24/h1-9H,10H2,(H2,27,29,30,33). The van der Waals surface area contributed by atoms with Gasteiger partial charge in [-0.1, -0.05) is 27.5 Å². The van der Waals surface area contributed by atoms with Crippen molar-refractivity contribution in [2.45, 2.75) is 0 Å². The van der Waals surface area contributed by atoms with Crippen LogP contribution >= 0.6 is 39.7 Å². The second-order valence-electron chi connectivity index (χ2n) is 6.69. The van der Waals surface area contributed by atoms with E-state index in [-0.39, 0.29) is 28.2 Å². The number of amides is 1. The zero-order valence-corrected chi connectivity index (χ0v) is 19.7. The molecule has 2 N–H and O–H groups in total. The Labute approximate surface area is 205 Å². The Morgan fingerprint density at radius 3 is 2.61 bits per heavy atom. The summed E-state index contributed by atoms with van der Waals surface area (Å²) in [5.74, 6) is -1.99. The molecule has 1 amide bonds. The molecule has 0 aliphatic heterocycles. The van der Waals surface area contributed by atoms with E-state index in [1.165, 1.54) is 0 Å². The molecule has 3 aromatic carbocycles. The Hall–Kier alpha value is -3.08. The van der Waals surface area contributed by atoms with Crippen molar-refractivity contribution in [2.75, 3.05) is 11.9 Å². The van der Waals surface area contributed by atoms with Crippen LogP contribution in [0.2, 0.25) is 5.02 Å². The number of rotatable bonds is 5. The lowest BCUT2D eigenvalue weighted by atomic mass is 10.2. The predicted molar refractivity (Wildman–Crippen MR) is 128 cm³/mol. The molecular formula is C22H13BrClF2N3O3S. The van der Waals surface area contributed by atoms with Crippen LogP contribution in [0.3, 0.4) is 0 Å². The summed E-state index contributed by atoms with van der Waals surface area (Å²) < 4.78 is 38.8. The number of oxazole rings is 1. The van der Waals surface area contributed by atoms with Crippen molar-refractivity contribution in [3.05, 3.63) is 75.7 Å². The zero-order valence-electron chi connectivity index (χ0n) is 16.5. The average molecular weight is 553 g/mol. The number of carbonyl (C=O) groups excluding carboxylic acids is 1. The Kier molecular flexibility index (Phi) is 6.87. The molecule has 0 saturated heterocycles. The lowest BCUT2D eigenvalue weighted by Crippen LogP contribution is -2.37. The van der Waals surface area contributed by atoms with Gasteiger partial charge >= 0.3 is 0 Å². The monoisotopic (exact) mass is 551 g/mol. The van der Waals surface area contributed by atoms with Crippen LogP contribution in [0, 0.1) is 11.6 Å². The van der Waals surface area contributed by atoms with E-state index in [1.807, 2.05) is 0 Å². The van der Waals surface area contributed by atoms with Crippen molar-refractivity contribution >= 4 is 67.6 Å². The van der Waals surface area contributed by atoms with Gasteiger partial charge in [0.1, 0.15) is 11.3 Å². The lowest BCUT2D eigenvalue weighted by Gasteiger charge is -2.10. The number of benzene rings is 3. The van der Waals surface area contributed by atoms with Crippen LogP contribution in [0.4, 0.5) is 14.5 Å². The number of ether oxygens (including phenoxy) is 1. The zero-order chi connectivity index (χ0) is 23.5. The minimum Gasteiger partial charge on any atom is -0.484 e. The number of halogens is 4. The number of carbonyl (C=O) groups is 1. The first kappa shape index (κ1) is 23.1. The van der Waals surface area contributed by atoms with Gasteiger partial charge in [-0.3, -0.25) is 10.1 Å². The molecule has 0 aliphatic rings. The minimum absolute atomic E-state index is 0.0342.